The molecule has 18 heavy (non-hydrogen) atoms. The van der Waals surface area contributed by atoms with Crippen molar-refractivity contribution in [1.82, 2.24) is 30.2 Å². The average Bonchev–Trinajstić information content (AvgIpc) is 2.80. The fourth-order valence-corrected chi connectivity index (χ4v) is 1.43. The molecule has 0 fully saturated rings. The van der Waals surface area contributed by atoms with Gasteiger partial charge < -0.3 is 5.11 Å². The number of carboxylic acids is 1. The van der Waals surface area contributed by atoms with E-state index in [1.54, 1.807) is 6.92 Å². The summed E-state index contributed by atoms with van der Waals surface area (Å²) < 4.78 is 0. The Kier molecular flexibility index (Phi) is 3.47. The summed E-state index contributed by atoms with van der Waals surface area (Å²) in [5.41, 5.74) is 0.519. The van der Waals surface area contributed by atoms with Gasteiger partial charge in [0.1, 0.15) is 0 Å². The first-order valence-electron chi connectivity index (χ1n) is 5.12. The molecule has 0 saturated heterocycles. The SMILES string of the molecule is CCC(C(=O)O)n1nnc(-c2cnc(Cl)nc2)n1. The number of rotatable bonds is 4. The Morgan fingerprint density at radius 3 is 2.72 bits per heavy atom. The first-order chi connectivity index (χ1) is 8.61. The summed E-state index contributed by atoms with van der Waals surface area (Å²) in [7, 11) is 0. The summed E-state index contributed by atoms with van der Waals surface area (Å²) in [6.07, 6.45) is 3.25. The van der Waals surface area contributed by atoms with Crippen molar-refractivity contribution in [1.29, 1.82) is 0 Å². The zero-order valence-electron chi connectivity index (χ0n) is 9.36. The summed E-state index contributed by atoms with van der Waals surface area (Å²) in [6.45, 7) is 1.73. The molecule has 2 aromatic rings. The van der Waals surface area contributed by atoms with E-state index in [1.165, 1.54) is 12.4 Å². The molecule has 9 heteroatoms. The summed E-state index contributed by atoms with van der Waals surface area (Å²) in [6, 6.07) is -0.834. The first-order valence-corrected chi connectivity index (χ1v) is 5.50. The lowest BCUT2D eigenvalue weighted by Crippen LogP contribution is -2.20. The third kappa shape index (κ3) is 2.43. The monoisotopic (exact) mass is 268 g/mol. The molecule has 94 valence electrons. The maximum absolute atomic E-state index is 11.0. The fraction of sp³-hybridized carbons (Fsp3) is 0.333. The largest absolute Gasteiger partial charge is 0.480 e. The number of tetrazole rings is 1. The van der Waals surface area contributed by atoms with E-state index in [0.717, 1.165) is 4.80 Å². The van der Waals surface area contributed by atoms with Gasteiger partial charge in [-0.1, -0.05) is 6.92 Å². The summed E-state index contributed by atoms with van der Waals surface area (Å²) >= 11 is 5.56. The molecular weight excluding hydrogens is 260 g/mol. The van der Waals surface area contributed by atoms with Gasteiger partial charge in [0.15, 0.2) is 6.04 Å². The van der Waals surface area contributed by atoms with E-state index in [-0.39, 0.29) is 11.1 Å². The van der Waals surface area contributed by atoms with Crippen LogP contribution in [0.2, 0.25) is 5.28 Å². The van der Waals surface area contributed by atoms with Crippen molar-refractivity contribution < 1.29 is 9.90 Å². The van der Waals surface area contributed by atoms with Crippen LogP contribution in [0.5, 0.6) is 0 Å². The molecular formula is C9H9ClN6O2. The molecule has 2 aromatic heterocycles. The number of carbonyl (C=O) groups is 1. The second-order valence-electron chi connectivity index (χ2n) is 3.44. The van der Waals surface area contributed by atoms with Crippen molar-refractivity contribution in [2.75, 3.05) is 0 Å². The van der Waals surface area contributed by atoms with Crippen LogP contribution in [0.15, 0.2) is 12.4 Å². The van der Waals surface area contributed by atoms with Gasteiger partial charge in [0, 0.05) is 12.4 Å². The highest BCUT2D eigenvalue weighted by Gasteiger charge is 2.20. The molecule has 0 aliphatic rings. The van der Waals surface area contributed by atoms with Crippen LogP contribution >= 0.6 is 11.6 Å². The van der Waals surface area contributed by atoms with Crippen LogP contribution in [0.4, 0.5) is 0 Å². The summed E-state index contributed by atoms with van der Waals surface area (Å²) in [5.74, 6) is -0.750. The standard InChI is InChI=1S/C9H9ClN6O2/c1-2-6(8(17)18)16-14-7(13-15-16)5-3-11-9(10)12-4-5/h3-4,6H,2H2,1H3,(H,17,18). The quantitative estimate of drug-likeness (QED) is 0.818. The van der Waals surface area contributed by atoms with E-state index in [0.29, 0.717) is 12.0 Å². The molecule has 8 nitrogen and oxygen atoms in total. The number of hydrogen-bond acceptors (Lipinski definition) is 6. The van der Waals surface area contributed by atoms with E-state index in [2.05, 4.69) is 25.4 Å². The van der Waals surface area contributed by atoms with Crippen molar-refractivity contribution in [2.24, 2.45) is 0 Å². The zero-order valence-corrected chi connectivity index (χ0v) is 10.1. The van der Waals surface area contributed by atoms with Gasteiger partial charge in [-0.15, -0.1) is 15.0 Å². The molecule has 0 bridgehead atoms. The van der Waals surface area contributed by atoms with Gasteiger partial charge in [0.05, 0.1) is 5.56 Å². The van der Waals surface area contributed by atoms with Crippen LogP contribution in [0.3, 0.4) is 0 Å². The lowest BCUT2D eigenvalue weighted by atomic mass is 10.2. The van der Waals surface area contributed by atoms with Crippen LogP contribution in [0.25, 0.3) is 11.4 Å². The third-order valence-electron chi connectivity index (χ3n) is 2.26. The Morgan fingerprint density at radius 2 is 2.17 bits per heavy atom. The van der Waals surface area contributed by atoms with Crippen LogP contribution in [0.1, 0.15) is 19.4 Å². The Labute approximate surface area is 107 Å². The van der Waals surface area contributed by atoms with Crippen LogP contribution < -0.4 is 0 Å². The van der Waals surface area contributed by atoms with Crippen LogP contribution in [-0.4, -0.2) is 41.3 Å². The second-order valence-corrected chi connectivity index (χ2v) is 3.77. The van der Waals surface area contributed by atoms with E-state index >= 15 is 0 Å². The highest BCUT2D eigenvalue weighted by molar-refractivity contribution is 6.28. The van der Waals surface area contributed by atoms with Gasteiger partial charge in [0.25, 0.3) is 0 Å². The van der Waals surface area contributed by atoms with Gasteiger partial charge in [-0.2, -0.15) is 0 Å². The number of nitrogens with zero attached hydrogens (tertiary/aromatic N) is 6. The first kappa shape index (κ1) is 12.4. The molecule has 1 N–H and O–H groups in total. The minimum absolute atomic E-state index is 0.114. The average molecular weight is 269 g/mol. The summed E-state index contributed by atoms with van der Waals surface area (Å²) in [5, 5.41) is 20.6. The molecule has 2 heterocycles. The molecule has 0 aliphatic carbocycles. The van der Waals surface area contributed by atoms with E-state index in [9.17, 15) is 4.79 Å². The van der Waals surface area contributed by atoms with Crippen molar-refractivity contribution in [3.8, 4) is 11.4 Å². The highest BCUT2D eigenvalue weighted by Crippen LogP contribution is 2.14. The predicted octanol–water partition coefficient (Wildman–Crippen LogP) is 0.819. The Morgan fingerprint density at radius 1 is 1.50 bits per heavy atom. The number of hydrogen-bond donors (Lipinski definition) is 1. The number of carboxylic acid groups (broad SMARTS) is 1. The number of aromatic nitrogens is 6. The maximum atomic E-state index is 11.0. The molecule has 0 amide bonds. The summed E-state index contributed by atoms with van der Waals surface area (Å²) in [4.78, 5) is 19.6. The lowest BCUT2D eigenvalue weighted by Gasteiger charge is -2.06. The smallest absolute Gasteiger partial charge is 0.330 e. The molecule has 0 spiro atoms. The maximum Gasteiger partial charge on any atom is 0.330 e. The second kappa shape index (κ2) is 5.05. The number of halogens is 1. The van der Waals surface area contributed by atoms with Crippen LogP contribution in [0, 0.1) is 0 Å². The van der Waals surface area contributed by atoms with E-state index < -0.39 is 12.0 Å². The van der Waals surface area contributed by atoms with Gasteiger partial charge in [-0.05, 0) is 23.2 Å². The molecule has 0 aromatic carbocycles. The van der Waals surface area contributed by atoms with Crippen molar-refractivity contribution in [3.63, 3.8) is 0 Å². The fourth-order valence-electron chi connectivity index (χ4n) is 1.34. The zero-order chi connectivity index (χ0) is 13.1. The van der Waals surface area contributed by atoms with Crippen molar-refractivity contribution in [2.45, 2.75) is 19.4 Å². The van der Waals surface area contributed by atoms with Crippen molar-refractivity contribution in [3.05, 3.63) is 17.7 Å². The molecule has 0 aliphatic heterocycles. The minimum Gasteiger partial charge on any atom is -0.480 e. The Hall–Kier alpha value is -2.09. The van der Waals surface area contributed by atoms with Gasteiger partial charge >= 0.3 is 5.97 Å². The Bertz CT molecular complexity index is 554. The van der Waals surface area contributed by atoms with E-state index in [1.807, 2.05) is 0 Å². The van der Waals surface area contributed by atoms with Crippen LogP contribution in [-0.2, 0) is 4.79 Å². The highest BCUT2D eigenvalue weighted by atomic mass is 35.5. The van der Waals surface area contributed by atoms with Gasteiger partial charge in [0.2, 0.25) is 11.1 Å². The molecule has 0 radical (unpaired) electrons. The molecule has 1 unspecified atom stereocenters. The normalized spacial score (nSPS) is 12.3. The molecule has 1 atom stereocenters. The molecule has 0 saturated carbocycles. The van der Waals surface area contributed by atoms with Gasteiger partial charge in [-0.3, -0.25) is 0 Å². The van der Waals surface area contributed by atoms with Gasteiger partial charge in [-0.25, -0.2) is 14.8 Å². The predicted molar refractivity (Wildman–Crippen MR) is 60.8 cm³/mol. The number of aliphatic carboxylic acids is 1. The topological polar surface area (TPSA) is 107 Å². The molecule has 2 rings (SSSR count). The Balaban J connectivity index is 2.30. The third-order valence-corrected chi connectivity index (χ3v) is 2.45. The van der Waals surface area contributed by atoms with E-state index in [4.69, 9.17) is 16.7 Å². The lowest BCUT2D eigenvalue weighted by molar-refractivity contribution is -0.141. The van der Waals surface area contributed by atoms with Crippen molar-refractivity contribution >= 4 is 17.6 Å². The minimum atomic E-state index is -1.01.